The molecule has 1 amide bonds. The molecule has 8 heteroatoms. The summed E-state index contributed by atoms with van der Waals surface area (Å²) in [5.74, 6) is 0. The minimum atomic E-state index is -3.83. The molecule has 1 fully saturated rings. The third-order valence-electron chi connectivity index (χ3n) is 2.42. The Hall–Kier alpha value is -0.860. The second kappa shape index (κ2) is 5.85. The van der Waals surface area contributed by atoms with Crippen molar-refractivity contribution in [3.63, 3.8) is 0 Å². The van der Waals surface area contributed by atoms with Gasteiger partial charge in [-0.05, 0) is 27.7 Å². The van der Waals surface area contributed by atoms with Gasteiger partial charge in [-0.15, -0.1) is 0 Å². The Kier molecular flexibility index (Phi) is 4.94. The van der Waals surface area contributed by atoms with Crippen molar-refractivity contribution in [2.24, 2.45) is 0 Å². The largest absolute Gasteiger partial charge is 0.446 e. The van der Waals surface area contributed by atoms with E-state index >= 15 is 0 Å². The van der Waals surface area contributed by atoms with Gasteiger partial charge in [0, 0.05) is 25.2 Å². The van der Waals surface area contributed by atoms with Gasteiger partial charge in [0.2, 0.25) is 0 Å². The molecule has 0 aliphatic carbocycles. The second-order valence-corrected chi connectivity index (χ2v) is 6.52. The Balaban J connectivity index is 2.65. The number of amides is 1. The van der Waals surface area contributed by atoms with E-state index in [1.54, 1.807) is 13.8 Å². The van der Waals surface area contributed by atoms with Crippen LogP contribution < -0.4 is 10.0 Å². The molecule has 1 saturated heterocycles. The van der Waals surface area contributed by atoms with Crippen LogP contribution in [-0.4, -0.2) is 50.1 Å². The SMILES string of the molecule is CC1CN(S(=O)(=O)NC(=O)OC(C)C)CC(C)N1. The van der Waals surface area contributed by atoms with Crippen LogP contribution in [-0.2, 0) is 14.9 Å². The van der Waals surface area contributed by atoms with Gasteiger partial charge in [-0.25, -0.2) is 9.52 Å². The molecule has 7 nitrogen and oxygen atoms in total. The Morgan fingerprint density at radius 1 is 1.33 bits per heavy atom. The maximum Gasteiger partial charge on any atom is 0.422 e. The van der Waals surface area contributed by atoms with Crippen molar-refractivity contribution >= 4 is 16.3 Å². The van der Waals surface area contributed by atoms with Crippen LogP contribution in [0.15, 0.2) is 0 Å². The van der Waals surface area contributed by atoms with E-state index in [-0.39, 0.29) is 18.2 Å². The van der Waals surface area contributed by atoms with E-state index in [4.69, 9.17) is 4.74 Å². The predicted molar refractivity (Wildman–Crippen MR) is 67.3 cm³/mol. The van der Waals surface area contributed by atoms with E-state index < -0.39 is 16.3 Å². The maximum atomic E-state index is 12.0. The van der Waals surface area contributed by atoms with Gasteiger partial charge >= 0.3 is 16.3 Å². The monoisotopic (exact) mass is 279 g/mol. The summed E-state index contributed by atoms with van der Waals surface area (Å²) in [6, 6.07) is 0.0953. The van der Waals surface area contributed by atoms with Crippen LogP contribution in [0.5, 0.6) is 0 Å². The van der Waals surface area contributed by atoms with Gasteiger partial charge in [0.25, 0.3) is 0 Å². The smallest absolute Gasteiger partial charge is 0.422 e. The van der Waals surface area contributed by atoms with E-state index in [0.717, 1.165) is 0 Å². The minimum Gasteiger partial charge on any atom is -0.446 e. The summed E-state index contributed by atoms with van der Waals surface area (Å²) in [6.07, 6.45) is -1.30. The summed E-state index contributed by atoms with van der Waals surface area (Å²) in [5, 5.41) is 3.22. The summed E-state index contributed by atoms with van der Waals surface area (Å²) < 4.78 is 31.8. The quantitative estimate of drug-likeness (QED) is 0.762. The van der Waals surface area contributed by atoms with Crippen molar-refractivity contribution in [2.45, 2.75) is 45.9 Å². The number of hydrogen-bond donors (Lipinski definition) is 2. The van der Waals surface area contributed by atoms with Crippen LogP contribution in [0.1, 0.15) is 27.7 Å². The number of hydrogen-bond acceptors (Lipinski definition) is 5. The van der Waals surface area contributed by atoms with Crippen molar-refractivity contribution in [3.8, 4) is 0 Å². The van der Waals surface area contributed by atoms with E-state index in [1.807, 2.05) is 18.6 Å². The Bertz CT molecular complexity index is 386. The molecule has 1 rings (SSSR count). The highest BCUT2D eigenvalue weighted by molar-refractivity contribution is 7.87. The van der Waals surface area contributed by atoms with E-state index in [1.165, 1.54) is 4.31 Å². The molecular weight excluding hydrogens is 258 g/mol. The van der Waals surface area contributed by atoms with E-state index in [0.29, 0.717) is 13.1 Å². The molecule has 1 aliphatic heterocycles. The molecule has 0 aromatic rings. The predicted octanol–water partition coefficient (Wildman–Crippen LogP) is 0.0480. The molecule has 1 aliphatic rings. The minimum absolute atomic E-state index is 0.0476. The number of rotatable bonds is 3. The summed E-state index contributed by atoms with van der Waals surface area (Å²) in [7, 11) is -3.83. The van der Waals surface area contributed by atoms with Crippen molar-refractivity contribution in [3.05, 3.63) is 0 Å². The molecule has 2 unspecified atom stereocenters. The average molecular weight is 279 g/mol. The molecular formula is C10H21N3O4S. The average Bonchev–Trinajstić information content (AvgIpc) is 2.13. The number of nitrogens with one attached hydrogen (secondary N) is 2. The normalized spacial score (nSPS) is 26.1. The highest BCUT2D eigenvalue weighted by atomic mass is 32.2. The van der Waals surface area contributed by atoms with Gasteiger partial charge in [-0.2, -0.15) is 12.7 Å². The molecule has 0 bridgehead atoms. The third kappa shape index (κ3) is 4.43. The first-order chi connectivity index (χ1) is 8.20. The number of carbonyl (C=O) groups excluding carboxylic acids is 1. The zero-order valence-corrected chi connectivity index (χ0v) is 12.0. The first kappa shape index (κ1) is 15.2. The standard InChI is InChI=1S/C10H21N3O4S/c1-7(2)17-10(14)12-18(15,16)13-5-8(3)11-9(4)6-13/h7-9,11H,5-6H2,1-4H3,(H,12,14). The molecule has 106 valence electrons. The van der Waals surface area contributed by atoms with Crippen LogP contribution in [0, 0.1) is 0 Å². The lowest BCUT2D eigenvalue weighted by atomic mass is 10.2. The van der Waals surface area contributed by atoms with Crippen molar-refractivity contribution in [1.82, 2.24) is 14.3 Å². The van der Waals surface area contributed by atoms with E-state index in [2.05, 4.69) is 5.32 Å². The fourth-order valence-corrected chi connectivity index (χ4v) is 3.11. The van der Waals surface area contributed by atoms with Gasteiger partial charge in [0.1, 0.15) is 0 Å². The maximum absolute atomic E-state index is 12.0. The Morgan fingerprint density at radius 2 is 1.83 bits per heavy atom. The molecule has 0 spiro atoms. The second-order valence-electron chi connectivity index (χ2n) is 4.85. The lowest BCUT2D eigenvalue weighted by Gasteiger charge is -2.34. The zero-order valence-electron chi connectivity index (χ0n) is 11.1. The summed E-state index contributed by atoms with van der Waals surface area (Å²) in [5.41, 5.74) is 0. The van der Waals surface area contributed by atoms with Crippen LogP contribution in [0.4, 0.5) is 4.79 Å². The molecule has 2 N–H and O–H groups in total. The zero-order chi connectivity index (χ0) is 13.9. The molecule has 2 atom stereocenters. The third-order valence-corrected chi connectivity index (χ3v) is 3.82. The Labute approximate surface area is 108 Å². The topological polar surface area (TPSA) is 87.7 Å². The van der Waals surface area contributed by atoms with Crippen LogP contribution in [0.3, 0.4) is 0 Å². The lowest BCUT2D eigenvalue weighted by molar-refractivity contribution is 0.120. The first-order valence-corrected chi connectivity index (χ1v) is 7.39. The van der Waals surface area contributed by atoms with Crippen LogP contribution >= 0.6 is 0 Å². The fourth-order valence-electron chi connectivity index (χ4n) is 1.88. The highest BCUT2D eigenvalue weighted by Crippen LogP contribution is 2.08. The van der Waals surface area contributed by atoms with Gasteiger partial charge < -0.3 is 10.1 Å². The summed E-state index contributed by atoms with van der Waals surface area (Å²) in [6.45, 7) is 7.75. The van der Waals surface area contributed by atoms with Crippen LogP contribution in [0.2, 0.25) is 0 Å². The number of nitrogens with zero attached hydrogens (tertiary/aromatic N) is 1. The first-order valence-electron chi connectivity index (χ1n) is 5.95. The molecule has 0 aromatic heterocycles. The van der Waals surface area contributed by atoms with Crippen molar-refractivity contribution in [1.29, 1.82) is 0 Å². The molecule has 0 radical (unpaired) electrons. The summed E-state index contributed by atoms with van der Waals surface area (Å²) >= 11 is 0. The van der Waals surface area contributed by atoms with Gasteiger partial charge in [-0.1, -0.05) is 0 Å². The van der Waals surface area contributed by atoms with Gasteiger partial charge in [0.15, 0.2) is 0 Å². The molecule has 0 aromatic carbocycles. The number of piperazine rings is 1. The van der Waals surface area contributed by atoms with Gasteiger partial charge in [0.05, 0.1) is 6.10 Å². The molecule has 18 heavy (non-hydrogen) atoms. The van der Waals surface area contributed by atoms with Crippen molar-refractivity contribution < 1.29 is 17.9 Å². The van der Waals surface area contributed by atoms with E-state index in [9.17, 15) is 13.2 Å². The number of carbonyl (C=O) groups is 1. The van der Waals surface area contributed by atoms with Crippen LogP contribution in [0.25, 0.3) is 0 Å². The lowest BCUT2D eigenvalue weighted by Crippen LogP contribution is -2.58. The number of ether oxygens (including phenoxy) is 1. The Morgan fingerprint density at radius 3 is 2.28 bits per heavy atom. The summed E-state index contributed by atoms with van der Waals surface area (Å²) in [4.78, 5) is 11.3. The fraction of sp³-hybridized carbons (Fsp3) is 0.900. The van der Waals surface area contributed by atoms with Gasteiger partial charge in [-0.3, -0.25) is 0 Å². The van der Waals surface area contributed by atoms with Crippen molar-refractivity contribution in [2.75, 3.05) is 13.1 Å². The highest BCUT2D eigenvalue weighted by Gasteiger charge is 2.31. The molecule has 0 saturated carbocycles. The molecule has 1 heterocycles.